The van der Waals surface area contributed by atoms with E-state index in [1.807, 2.05) is 24.3 Å². The third-order valence-electron chi connectivity index (χ3n) is 2.93. The molecule has 19 heavy (non-hydrogen) atoms. The summed E-state index contributed by atoms with van der Waals surface area (Å²) in [6.07, 6.45) is 2.71. The number of aryl methyl sites for hydroxylation is 1. The molecule has 0 saturated carbocycles. The molecule has 0 amide bonds. The minimum atomic E-state index is 0.447. The minimum Gasteiger partial charge on any atom is -0.389 e. The van der Waals surface area contributed by atoms with Gasteiger partial charge in [-0.3, -0.25) is 0 Å². The van der Waals surface area contributed by atoms with E-state index in [1.54, 1.807) is 6.20 Å². The van der Waals surface area contributed by atoms with Gasteiger partial charge in [-0.2, -0.15) is 0 Å². The molecule has 5 nitrogen and oxygen atoms in total. The van der Waals surface area contributed by atoms with Crippen LogP contribution in [0.2, 0.25) is 0 Å². The van der Waals surface area contributed by atoms with Gasteiger partial charge in [0.05, 0.1) is 0 Å². The molecule has 1 aromatic carbocycles. The lowest BCUT2D eigenvalue weighted by Crippen LogP contribution is -2.13. The predicted octanol–water partition coefficient (Wildman–Crippen LogP) is 2.02. The van der Waals surface area contributed by atoms with Crippen LogP contribution in [0.5, 0.6) is 0 Å². The van der Waals surface area contributed by atoms with Gasteiger partial charge in [-0.25, -0.2) is 4.98 Å². The van der Waals surface area contributed by atoms with E-state index in [2.05, 4.69) is 34.4 Å². The first-order valence-electron chi connectivity index (χ1n) is 6.24. The van der Waals surface area contributed by atoms with E-state index in [9.17, 15) is 0 Å². The average Bonchev–Trinajstić information content (AvgIpc) is 2.89. The smallest absolute Gasteiger partial charge is 0.219 e. The van der Waals surface area contributed by atoms with Crippen LogP contribution in [0.25, 0.3) is 11.2 Å². The number of pyridine rings is 1. The van der Waals surface area contributed by atoms with Crippen LogP contribution >= 0.6 is 0 Å². The van der Waals surface area contributed by atoms with Crippen molar-refractivity contribution in [3.8, 4) is 0 Å². The van der Waals surface area contributed by atoms with Crippen molar-refractivity contribution in [1.82, 2.24) is 20.1 Å². The highest BCUT2D eigenvalue weighted by Crippen LogP contribution is 2.08. The summed E-state index contributed by atoms with van der Waals surface area (Å²) in [6.45, 7) is 2.58. The molecular weight excluding hydrogens is 240 g/mol. The Morgan fingerprint density at radius 3 is 2.95 bits per heavy atom. The zero-order valence-corrected chi connectivity index (χ0v) is 10.7. The van der Waals surface area contributed by atoms with Crippen LogP contribution < -0.4 is 4.84 Å². The molecule has 0 aliphatic heterocycles. The molecule has 0 fully saturated rings. The second kappa shape index (κ2) is 5.06. The quantitative estimate of drug-likeness (QED) is 0.714. The Morgan fingerprint density at radius 1 is 1.16 bits per heavy atom. The van der Waals surface area contributed by atoms with Gasteiger partial charge < -0.3 is 4.84 Å². The largest absolute Gasteiger partial charge is 0.389 e. The molecule has 0 N–H and O–H groups in total. The molecule has 0 radical (unpaired) electrons. The summed E-state index contributed by atoms with van der Waals surface area (Å²) in [5.41, 5.74) is 3.76. The maximum Gasteiger partial charge on any atom is 0.219 e. The average molecular weight is 254 g/mol. The minimum absolute atomic E-state index is 0.447. The number of nitrogens with zero attached hydrogens (tertiary/aromatic N) is 4. The Labute approximate surface area is 110 Å². The summed E-state index contributed by atoms with van der Waals surface area (Å²) < 4.78 is 0. The van der Waals surface area contributed by atoms with Crippen molar-refractivity contribution in [3.05, 3.63) is 53.7 Å². The lowest BCUT2D eigenvalue weighted by Gasteiger charge is -2.06. The molecule has 0 spiro atoms. The molecule has 3 rings (SSSR count). The summed E-state index contributed by atoms with van der Waals surface area (Å²) in [5.74, 6) is 0. The second-order valence-corrected chi connectivity index (χ2v) is 4.26. The van der Waals surface area contributed by atoms with E-state index in [-0.39, 0.29) is 0 Å². The van der Waals surface area contributed by atoms with Crippen molar-refractivity contribution in [2.75, 3.05) is 0 Å². The maximum absolute atomic E-state index is 5.63. The summed E-state index contributed by atoms with van der Waals surface area (Å²) in [5, 5.41) is 7.93. The van der Waals surface area contributed by atoms with Crippen molar-refractivity contribution in [1.29, 1.82) is 0 Å². The fraction of sp³-hybridized carbons (Fsp3) is 0.214. The Bertz CT molecular complexity index is 692. The predicted molar refractivity (Wildman–Crippen MR) is 71.4 cm³/mol. The summed E-state index contributed by atoms with van der Waals surface area (Å²) in [6, 6.07) is 12.0. The van der Waals surface area contributed by atoms with Crippen LogP contribution in [0.3, 0.4) is 0 Å². The van der Waals surface area contributed by atoms with Gasteiger partial charge in [0.15, 0.2) is 0 Å². The zero-order chi connectivity index (χ0) is 13.1. The molecule has 96 valence electrons. The molecule has 5 heteroatoms. The third kappa shape index (κ3) is 2.40. The molecule has 0 aliphatic carbocycles. The van der Waals surface area contributed by atoms with E-state index in [0.717, 1.165) is 17.5 Å². The molecule has 2 aromatic heterocycles. The second-order valence-electron chi connectivity index (χ2n) is 4.26. The highest BCUT2D eigenvalue weighted by molar-refractivity contribution is 5.68. The van der Waals surface area contributed by atoms with Gasteiger partial charge >= 0.3 is 0 Å². The summed E-state index contributed by atoms with van der Waals surface area (Å²) in [4.78, 5) is 11.2. The number of hydrogen-bond acceptors (Lipinski definition) is 4. The highest BCUT2D eigenvalue weighted by atomic mass is 16.7. The van der Waals surface area contributed by atoms with Gasteiger partial charge in [0.2, 0.25) is 5.65 Å². The Hall–Kier alpha value is -2.43. The molecule has 0 saturated heterocycles. The first kappa shape index (κ1) is 11.6. The Morgan fingerprint density at radius 2 is 2.05 bits per heavy atom. The SMILES string of the molecule is CCc1cccc(COn2nnc3cccnc32)c1. The van der Waals surface area contributed by atoms with Crippen molar-refractivity contribution in [3.63, 3.8) is 0 Å². The van der Waals surface area contributed by atoms with Crippen LogP contribution in [0.1, 0.15) is 18.1 Å². The molecule has 0 bridgehead atoms. The molecule has 0 unspecified atom stereocenters. The standard InChI is InChI=1S/C14H14N4O/c1-2-11-5-3-6-12(9-11)10-19-18-14-13(16-17-18)7-4-8-15-14/h3-9H,2,10H2,1H3. The first-order valence-corrected chi connectivity index (χ1v) is 6.24. The normalized spacial score (nSPS) is 10.8. The summed E-state index contributed by atoms with van der Waals surface area (Å²) in [7, 11) is 0. The van der Waals surface area contributed by atoms with Crippen molar-refractivity contribution < 1.29 is 4.84 Å². The van der Waals surface area contributed by atoms with Crippen LogP contribution in [-0.4, -0.2) is 20.1 Å². The number of benzene rings is 1. The highest BCUT2D eigenvalue weighted by Gasteiger charge is 2.05. The van der Waals surface area contributed by atoms with Gasteiger partial charge in [-0.1, -0.05) is 36.0 Å². The van der Waals surface area contributed by atoms with Gasteiger partial charge in [0, 0.05) is 6.20 Å². The zero-order valence-electron chi connectivity index (χ0n) is 10.7. The third-order valence-corrected chi connectivity index (χ3v) is 2.93. The number of aromatic nitrogens is 4. The number of hydrogen-bond donors (Lipinski definition) is 0. The summed E-state index contributed by atoms with van der Waals surface area (Å²) >= 11 is 0. The lowest BCUT2D eigenvalue weighted by molar-refractivity contribution is 0.0739. The fourth-order valence-corrected chi connectivity index (χ4v) is 1.91. The Balaban J connectivity index is 1.78. The van der Waals surface area contributed by atoms with Crippen LogP contribution in [0, 0.1) is 0 Å². The van der Waals surface area contributed by atoms with E-state index < -0.39 is 0 Å². The van der Waals surface area contributed by atoms with Crippen LogP contribution in [-0.2, 0) is 13.0 Å². The lowest BCUT2D eigenvalue weighted by atomic mass is 10.1. The van der Waals surface area contributed by atoms with Crippen molar-refractivity contribution >= 4 is 11.2 Å². The topological polar surface area (TPSA) is 52.8 Å². The van der Waals surface area contributed by atoms with E-state index in [0.29, 0.717) is 12.3 Å². The monoisotopic (exact) mass is 254 g/mol. The van der Waals surface area contributed by atoms with E-state index in [1.165, 1.54) is 10.4 Å². The molecular formula is C14H14N4O. The Kier molecular flexibility index (Phi) is 3.10. The van der Waals surface area contributed by atoms with Crippen LogP contribution in [0.15, 0.2) is 42.6 Å². The maximum atomic E-state index is 5.63. The first-order chi connectivity index (χ1) is 9.36. The van der Waals surface area contributed by atoms with E-state index in [4.69, 9.17) is 4.84 Å². The number of fused-ring (bicyclic) bond motifs is 1. The fourth-order valence-electron chi connectivity index (χ4n) is 1.91. The molecule has 0 aliphatic rings. The molecule has 0 atom stereocenters. The number of rotatable bonds is 4. The van der Waals surface area contributed by atoms with E-state index >= 15 is 0 Å². The van der Waals surface area contributed by atoms with Crippen molar-refractivity contribution in [2.24, 2.45) is 0 Å². The van der Waals surface area contributed by atoms with Gasteiger partial charge in [0.25, 0.3) is 0 Å². The van der Waals surface area contributed by atoms with Gasteiger partial charge in [0.1, 0.15) is 12.1 Å². The van der Waals surface area contributed by atoms with Crippen molar-refractivity contribution in [2.45, 2.75) is 20.0 Å². The van der Waals surface area contributed by atoms with Crippen LogP contribution in [0.4, 0.5) is 0 Å². The molecule has 2 heterocycles. The molecule has 3 aromatic rings. The van der Waals surface area contributed by atoms with Gasteiger partial charge in [-0.15, -0.1) is 5.10 Å². The van der Waals surface area contributed by atoms with Gasteiger partial charge in [-0.05, 0) is 34.9 Å².